The van der Waals surface area contributed by atoms with Gasteiger partial charge in [-0.1, -0.05) is 32.9 Å². The van der Waals surface area contributed by atoms with E-state index >= 15 is 0 Å². The van der Waals surface area contributed by atoms with Crippen LogP contribution in [0, 0.1) is 0 Å². The second kappa shape index (κ2) is 4.29. The summed E-state index contributed by atoms with van der Waals surface area (Å²) in [6, 6.07) is 0. The molecule has 0 saturated heterocycles. The lowest BCUT2D eigenvalue weighted by molar-refractivity contribution is 1.07. The lowest BCUT2D eigenvalue weighted by Gasteiger charge is -1.95. The Balaban J connectivity index is 2.68. The molecule has 2 heteroatoms. The van der Waals surface area contributed by atoms with Gasteiger partial charge in [-0.3, -0.25) is 0 Å². The first kappa shape index (κ1) is 7.13. The van der Waals surface area contributed by atoms with Gasteiger partial charge in [0.15, 0.2) is 0 Å². The van der Waals surface area contributed by atoms with Gasteiger partial charge in [0.2, 0.25) is 0 Å². The highest BCUT2D eigenvalue weighted by Gasteiger charge is 1.92. The van der Waals surface area contributed by atoms with E-state index in [-0.39, 0.29) is 0 Å². The SMILES string of the molecule is CC[B][B]C(C)C. The van der Waals surface area contributed by atoms with Crippen LogP contribution in [-0.2, 0) is 0 Å². The summed E-state index contributed by atoms with van der Waals surface area (Å²) in [5.41, 5.74) is 0. The van der Waals surface area contributed by atoms with Crippen molar-refractivity contribution in [3.8, 4) is 0 Å². The smallest absolute Gasteiger partial charge is 0.0688 e. The summed E-state index contributed by atoms with van der Waals surface area (Å²) < 4.78 is 0. The normalized spacial score (nSPS) is 9.14. The molecule has 0 aromatic heterocycles. The van der Waals surface area contributed by atoms with Crippen molar-refractivity contribution in [2.75, 3.05) is 0 Å². The third kappa shape index (κ3) is 6.13. The molecule has 0 N–H and O–H groups in total. The van der Waals surface area contributed by atoms with Gasteiger partial charge in [0, 0.05) is 0 Å². The van der Waals surface area contributed by atoms with Crippen molar-refractivity contribution in [2.45, 2.75) is 32.9 Å². The van der Waals surface area contributed by atoms with Crippen LogP contribution in [-0.4, -0.2) is 14.3 Å². The van der Waals surface area contributed by atoms with Gasteiger partial charge in [-0.2, -0.15) is 0 Å². The molecule has 0 rings (SSSR count). The topological polar surface area (TPSA) is 0 Å². The van der Waals surface area contributed by atoms with E-state index in [1.54, 1.807) is 0 Å². The fourth-order valence-electron chi connectivity index (χ4n) is 0.408. The van der Waals surface area contributed by atoms with Crippen LogP contribution >= 0.6 is 0 Å². The standard InChI is InChI=1S/C5H12B2/c1-4-6-7-5(2)3/h5H,4H2,1-3H3. The highest BCUT2D eigenvalue weighted by atomic mass is 13.7. The zero-order valence-corrected chi connectivity index (χ0v) is 5.44. The van der Waals surface area contributed by atoms with Crippen molar-refractivity contribution < 1.29 is 0 Å². The molecule has 0 amide bonds. The first-order valence-corrected chi connectivity index (χ1v) is 2.94. The fraction of sp³-hybridized carbons (Fsp3) is 1.00. The van der Waals surface area contributed by atoms with Gasteiger partial charge >= 0.3 is 0 Å². The van der Waals surface area contributed by atoms with Gasteiger partial charge in [-0.15, -0.1) is 0 Å². The molecule has 0 aliphatic heterocycles. The second-order valence-electron chi connectivity index (χ2n) is 2.08. The van der Waals surface area contributed by atoms with Crippen LogP contribution < -0.4 is 0 Å². The molecule has 0 fully saturated rings. The van der Waals surface area contributed by atoms with Crippen LogP contribution in [0.3, 0.4) is 0 Å². The lowest BCUT2D eigenvalue weighted by Crippen LogP contribution is -2.04. The molecular weight excluding hydrogens is 81.7 g/mol. The summed E-state index contributed by atoms with van der Waals surface area (Å²) in [6.07, 6.45) is 1.16. The monoisotopic (exact) mass is 94.1 g/mol. The Bertz CT molecular complexity index is 35.1. The highest BCUT2D eigenvalue weighted by molar-refractivity contribution is 7.01. The number of hydrogen-bond donors (Lipinski definition) is 0. The van der Waals surface area contributed by atoms with Gasteiger partial charge in [0.1, 0.15) is 0 Å². The Morgan fingerprint density at radius 2 is 2.00 bits per heavy atom. The molecule has 0 bridgehead atoms. The Morgan fingerprint density at radius 3 is 2.14 bits per heavy atom. The average molecular weight is 93.8 g/mol. The molecule has 2 radical (unpaired) electrons. The molecule has 0 nitrogen and oxygen atoms in total. The molecule has 0 aliphatic carbocycles. The van der Waals surface area contributed by atoms with Gasteiger partial charge in [0.05, 0.1) is 14.3 Å². The Kier molecular flexibility index (Phi) is 4.37. The van der Waals surface area contributed by atoms with Crippen molar-refractivity contribution in [1.82, 2.24) is 0 Å². The largest absolute Gasteiger partial charge is 0.0914 e. The Morgan fingerprint density at radius 1 is 1.43 bits per heavy atom. The van der Waals surface area contributed by atoms with Gasteiger partial charge in [0.25, 0.3) is 0 Å². The van der Waals surface area contributed by atoms with Crippen molar-refractivity contribution in [3.05, 3.63) is 0 Å². The zero-order valence-electron chi connectivity index (χ0n) is 5.44. The zero-order chi connectivity index (χ0) is 5.70. The van der Waals surface area contributed by atoms with Crippen LogP contribution in [0.5, 0.6) is 0 Å². The summed E-state index contributed by atoms with van der Waals surface area (Å²) in [7, 11) is 4.42. The second-order valence-corrected chi connectivity index (χ2v) is 2.08. The molecule has 0 heterocycles. The summed E-state index contributed by atoms with van der Waals surface area (Å²) >= 11 is 0. The molecular formula is C5H12B2. The summed E-state index contributed by atoms with van der Waals surface area (Å²) in [4.78, 5) is 0. The van der Waals surface area contributed by atoms with E-state index in [4.69, 9.17) is 0 Å². The number of hydrogen-bond acceptors (Lipinski definition) is 0. The summed E-state index contributed by atoms with van der Waals surface area (Å²) in [5.74, 6) is 0.722. The molecule has 0 saturated carbocycles. The average Bonchev–Trinajstić information content (AvgIpc) is 1.61. The maximum Gasteiger partial charge on any atom is 0.0688 e. The Hall–Kier alpha value is 0.130. The van der Waals surface area contributed by atoms with Crippen LogP contribution in [0.25, 0.3) is 0 Å². The van der Waals surface area contributed by atoms with Crippen molar-refractivity contribution >= 4 is 14.3 Å². The predicted octanol–water partition coefficient (Wildman–Crippen LogP) is 1.58. The lowest BCUT2D eigenvalue weighted by atomic mass is 9.34. The maximum atomic E-state index is 2.22. The van der Waals surface area contributed by atoms with E-state index in [0.29, 0.717) is 0 Å². The van der Waals surface area contributed by atoms with E-state index in [9.17, 15) is 0 Å². The molecule has 0 aliphatic rings. The molecule has 0 unspecified atom stereocenters. The quantitative estimate of drug-likeness (QED) is 0.465. The third-order valence-electron chi connectivity index (χ3n) is 0.757. The van der Waals surface area contributed by atoms with Crippen molar-refractivity contribution in [2.24, 2.45) is 0 Å². The third-order valence-corrected chi connectivity index (χ3v) is 0.757. The van der Waals surface area contributed by atoms with Gasteiger partial charge in [-0.05, 0) is 0 Å². The van der Waals surface area contributed by atoms with Gasteiger partial charge < -0.3 is 0 Å². The van der Waals surface area contributed by atoms with Crippen LogP contribution in [0.1, 0.15) is 20.8 Å². The minimum Gasteiger partial charge on any atom is -0.0914 e. The minimum absolute atomic E-state index is 0.722. The van der Waals surface area contributed by atoms with Crippen molar-refractivity contribution in [3.63, 3.8) is 0 Å². The number of rotatable bonds is 3. The van der Waals surface area contributed by atoms with Crippen molar-refractivity contribution in [1.29, 1.82) is 0 Å². The fourth-order valence-corrected chi connectivity index (χ4v) is 0.408. The molecule has 0 aromatic carbocycles. The first-order chi connectivity index (χ1) is 3.27. The molecule has 0 aromatic rings. The maximum absolute atomic E-state index is 2.22. The highest BCUT2D eigenvalue weighted by Crippen LogP contribution is 1.94. The molecule has 38 valence electrons. The first-order valence-electron chi connectivity index (χ1n) is 2.94. The summed E-state index contributed by atoms with van der Waals surface area (Å²) in [5, 5.41) is 0. The van der Waals surface area contributed by atoms with Crippen LogP contribution in [0.4, 0.5) is 0 Å². The van der Waals surface area contributed by atoms with E-state index in [1.807, 2.05) is 0 Å². The van der Waals surface area contributed by atoms with Crippen LogP contribution in [0.15, 0.2) is 0 Å². The molecule has 7 heavy (non-hydrogen) atoms. The van der Waals surface area contributed by atoms with Crippen LogP contribution in [0.2, 0.25) is 12.1 Å². The molecule has 0 spiro atoms. The predicted molar refractivity (Wildman–Crippen MR) is 37.1 cm³/mol. The summed E-state index contributed by atoms with van der Waals surface area (Å²) in [6.45, 7) is 6.52. The van der Waals surface area contributed by atoms with E-state index in [1.165, 1.54) is 0 Å². The Labute approximate surface area is 48.2 Å². The van der Waals surface area contributed by atoms with E-state index in [0.717, 1.165) is 12.1 Å². The minimum atomic E-state index is 0.722. The van der Waals surface area contributed by atoms with Gasteiger partial charge in [-0.25, -0.2) is 0 Å². The molecule has 0 atom stereocenters. The van der Waals surface area contributed by atoms with E-state index in [2.05, 4.69) is 35.1 Å². The van der Waals surface area contributed by atoms with E-state index < -0.39 is 0 Å².